The highest BCUT2D eigenvalue weighted by molar-refractivity contribution is 7.87. The van der Waals surface area contributed by atoms with Gasteiger partial charge in [0.25, 0.3) is 0 Å². The average Bonchev–Trinajstić information content (AvgIpc) is 2.35. The second-order valence-electron chi connectivity index (χ2n) is 2.02. The molecule has 0 atom stereocenters. The molecule has 0 bridgehead atoms. The van der Waals surface area contributed by atoms with Gasteiger partial charge in [0.2, 0.25) is 0 Å². The highest BCUT2D eigenvalue weighted by atomic mass is 32.2. The molecule has 1 aromatic rings. The van der Waals surface area contributed by atoms with Crippen molar-refractivity contribution in [2.24, 2.45) is 0 Å². The Morgan fingerprint density at radius 1 is 1.15 bits per heavy atom. The Morgan fingerprint density at radius 3 is 2.00 bits per heavy atom. The summed E-state index contributed by atoms with van der Waals surface area (Å²) in [6.45, 7) is 0. The van der Waals surface area contributed by atoms with E-state index in [9.17, 15) is 21.6 Å². The molecule has 0 aliphatic rings. The van der Waals surface area contributed by atoms with E-state index in [-0.39, 0.29) is 0 Å². The molecule has 0 spiro atoms. The van der Waals surface area contributed by atoms with E-state index in [1.165, 1.54) is 12.1 Å². The molecule has 0 aliphatic carbocycles. The molecule has 0 unspecified atom stereocenters. The van der Waals surface area contributed by atoms with E-state index < -0.39 is 15.6 Å². The lowest BCUT2D eigenvalue weighted by Gasteiger charge is -2.08. The molecule has 0 radical (unpaired) electrons. The number of alkyl halides is 3. The summed E-state index contributed by atoms with van der Waals surface area (Å²) in [6.07, 6.45) is 2.06. The maximum atomic E-state index is 11.7. The summed E-state index contributed by atoms with van der Waals surface area (Å²) in [5.41, 5.74) is -5.41. The molecular weight excluding hydrogens is 211 g/mol. The predicted molar refractivity (Wildman–Crippen MR) is 36.0 cm³/mol. The van der Waals surface area contributed by atoms with E-state index >= 15 is 0 Å². The van der Waals surface area contributed by atoms with Gasteiger partial charge in [-0.25, -0.2) is 0 Å². The van der Waals surface area contributed by atoms with Crippen molar-refractivity contribution in [3.63, 3.8) is 0 Å². The number of aromatic nitrogens is 1. The highest BCUT2D eigenvalue weighted by Crippen LogP contribution is 2.22. The summed E-state index contributed by atoms with van der Waals surface area (Å²) in [5.74, 6) is 0. The minimum Gasteiger partial charge on any atom is -0.281 e. The van der Waals surface area contributed by atoms with Gasteiger partial charge in [0.05, 0.1) is 0 Å². The number of rotatable bonds is 2. The largest absolute Gasteiger partial charge is 0.536 e. The summed E-state index contributed by atoms with van der Waals surface area (Å²) in [7, 11) is -5.56. The van der Waals surface area contributed by atoms with Gasteiger partial charge in [0.15, 0.2) is 0 Å². The normalized spacial score (nSPS) is 12.8. The van der Waals surface area contributed by atoms with E-state index in [1.807, 2.05) is 0 Å². The molecule has 0 fully saturated rings. The molecule has 0 saturated heterocycles. The second-order valence-corrected chi connectivity index (χ2v) is 3.54. The van der Waals surface area contributed by atoms with Crippen LogP contribution in [0.5, 0.6) is 0 Å². The lowest BCUT2D eigenvalue weighted by atomic mass is 10.7. The van der Waals surface area contributed by atoms with Gasteiger partial charge in [-0.2, -0.15) is 26.3 Å². The van der Waals surface area contributed by atoms with Crippen LogP contribution in [-0.4, -0.2) is 18.7 Å². The van der Waals surface area contributed by atoms with Crippen molar-refractivity contribution in [1.29, 1.82) is 0 Å². The van der Waals surface area contributed by atoms with E-state index in [4.69, 9.17) is 0 Å². The third kappa shape index (κ3) is 2.14. The molecule has 0 aromatic carbocycles. The molecule has 0 aliphatic heterocycles. The molecule has 1 rings (SSSR count). The van der Waals surface area contributed by atoms with Crippen LogP contribution in [0.1, 0.15) is 0 Å². The highest BCUT2D eigenvalue weighted by Gasteiger charge is 2.49. The van der Waals surface area contributed by atoms with E-state index in [2.05, 4.69) is 4.28 Å². The standard InChI is InChI=1S/C5H4F3NO3S/c6-5(7,8)13(10,11)12-9-3-1-2-4-9/h1-4H. The minimum atomic E-state index is -5.56. The lowest BCUT2D eigenvalue weighted by molar-refractivity contribution is -0.0546. The molecule has 8 heteroatoms. The number of halogens is 3. The van der Waals surface area contributed by atoms with Gasteiger partial charge in [0.1, 0.15) is 0 Å². The summed E-state index contributed by atoms with van der Waals surface area (Å²) in [4.78, 5) is 0. The SMILES string of the molecule is O=S(=O)(On1cccc1)C(F)(F)F. The van der Waals surface area contributed by atoms with Crippen molar-refractivity contribution in [3.05, 3.63) is 24.5 Å². The van der Waals surface area contributed by atoms with Gasteiger partial charge in [-0.05, 0) is 12.1 Å². The maximum absolute atomic E-state index is 11.7. The van der Waals surface area contributed by atoms with Crippen LogP contribution < -0.4 is 4.28 Å². The summed E-state index contributed by atoms with van der Waals surface area (Å²) < 4.78 is 59.9. The second kappa shape index (κ2) is 2.95. The molecular formula is C5H4F3NO3S. The van der Waals surface area contributed by atoms with E-state index in [1.54, 1.807) is 0 Å². The Morgan fingerprint density at radius 2 is 1.62 bits per heavy atom. The van der Waals surface area contributed by atoms with Crippen molar-refractivity contribution >= 4 is 10.1 Å². The van der Waals surface area contributed by atoms with Crippen molar-refractivity contribution < 1.29 is 25.9 Å². The van der Waals surface area contributed by atoms with Crippen molar-refractivity contribution in [3.8, 4) is 0 Å². The first-order chi connectivity index (χ1) is 5.83. The first kappa shape index (κ1) is 9.90. The molecule has 0 saturated carbocycles. The molecule has 4 nitrogen and oxygen atoms in total. The van der Waals surface area contributed by atoms with Gasteiger partial charge in [-0.3, -0.25) is 4.28 Å². The fourth-order valence-electron chi connectivity index (χ4n) is 0.524. The summed E-state index contributed by atoms with van der Waals surface area (Å²) in [6, 6.07) is 2.65. The fourth-order valence-corrected chi connectivity index (χ4v) is 0.934. The predicted octanol–water partition coefficient (Wildman–Crippen LogP) is 0.766. The van der Waals surface area contributed by atoms with Crippen LogP contribution in [0.2, 0.25) is 0 Å². The van der Waals surface area contributed by atoms with Gasteiger partial charge in [-0.15, -0.1) is 0 Å². The van der Waals surface area contributed by atoms with E-state index in [0.717, 1.165) is 12.4 Å². The zero-order valence-electron chi connectivity index (χ0n) is 6.02. The maximum Gasteiger partial charge on any atom is 0.536 e. The fraction of sp³-hybridized carbons (Fsp3) is 0.200. The zero-order valence-corrected chi connectivity index (χ0v) is 6.84. The Hall–Kier alpha value is -1.18. The molecule has 0 amide bonds. The van der Waals surface area contributed by atoms with Crippen LogP contribution in [0.3, 0.4) is 0 Å². The van der Waals surface area contributed by atoms with Gasteiger partial charge in [-0.1, -0.05) is 0 Å². The molecule has 13 heavy (non-hydrogen) atoms. The molecule has 1 aromatic heterocycles. The smallest absolute Gasteiger partial charge is 0.281 e. The third-order valence-electron chi connectivity index (χ3n) is 1.04. The zero-order chi connectivity index (χ0) is 10.1. The Labute approximate surface area is 71.6 Å². The first-order valence-corrected chi connectivity index (χ1v) is 4.38. The van der Waals surface area contributed by atoms with Crippen LogP contribution in [0.4, 0.5) is 13.2 Å². The van der Waals surface area contributed by atoms with Gasteiger partial charge >= 0.3 is 15.6 Å². The van der Waals surface area contributed by atoms with Gasteiger partial charge < -0.3 is 0 Å². The van der Waals surface area contributed by atoms with Gasteiger partial charge in [0, 0.05) is 12.4 Å². The Bertz CT molecular complexity index is 366. The third-order valence-corrected chi connectivity index (χ3v) is 1.98. The Kier molecular flexibility index (Phi) is 2.24. The Balaban J connectivity index is 2.87. The average molecular weight is 215 g/mol. The molecule has 74 valence electrons. The topological polar surface area (TPSA) is 48.3 Å². The molecule has 1 heterocycles. The first-order valence-electron chi connectivity index (χ1n) is 2.97. The number of hydrogen-bond donors (Lipinski definition) is 0. The quantitative estimate of drug-likeness (QED) is 0.684. The van der Waals surface area contributed by atoms with Crippen LogP contribution in [0.15, 0.2) is 24.5 Å². The van der Waals surface area contributed by atoms with Crippen LogP contribution in [0.25, 0.3) is 0 Å². The van der Waals surface area contributed by atoms with E-state index in [0.29, 0.717) is 4.73 Å². The number of nitrogens with zero attached hydrogens (tertiary/aromatic N) is 1. The van der Waals surface area contributed by atoms with Crippen LogP contribution in [0, 0.1) is 0 Å². The van der Waals surface area contributed by atoms with Crippen LogP contribution in [-0.2, 0) is 10.1 Å². The lowest BCUT2D eigenvalue weighted by Crippen LogP contribution is -2.32. The van der Waals surface area contributed by atoms with Crippen molar-refractivity contribution in [1.82, 2.24) is 4.73 Å². The van der Waals surface area contributed by atoms with Crippen LogP contribution >= 0.6 is 0 Å². The summed E-state index contributed by atoms with van der Waals surface area (Å²) in [5, 5.41) is 0. The summed E-state index contributed by atoms with van der Waals surface area (Å²) >= 11 is 0. The van der Waals surface area contributed by atoms with Crippen molar-refractivity contribution in [2.75, 3.05) is 0 Å². The van der Waals surface area contributed by atoms with Crippen molar-refractivity contribution in [2.45, 2.75) is 5.51 Å². The molecule has 0 N–H and O–H groups in total. The monoisotopic (exact) mass is 215 g/mol. The number of hydrogen-bond acceptors (Lipinski definition) is 3. The minimum absolute atomic E-state index is 0.447.